The molecule has 0 aliphatic rings. The zero-order chi connectivity index (χ0) is 17.2. The van der Waals surface area contributed by atoms with Crippen LogP contribution in [-0.4, -0.2) is 34.0 Å². The van der Waals surface area contributed by atoms with Crippen molar-refractivity contribution in [2.45, 2.75) is 19.1 Å². The summed E-state index contributed by atoms with van der Waals surface area (Å²) in [5, 5.41) is 0.313. The van der Waals surface area contributed by atoms with Gasteiger partial charge in [-0.3, -0.25) is 9.78 Å². The van der Waals surface area contributed by atoms with E-state index in [9.17, 15) is 18.0 Å². The number of amides is 1. The SMILES string of the molecule is Cc1cnc(C(=O)N(C)[C@H](c2ccc(Cl)cc2)C(F)(F)F)cn1. The Bertz CT molecular complexity index is 687. The van der Waals surface area contributed by atoms with E-state index in [4.69, 9.17) is 11.6 Å². The quantitative estimate of drug-likeness (QED) is 0.851. The third-order valence-electron chi connectivity index (χ3n) is 3.20. The van der Waals surface area contributed by atoms with E-state index in [1.807, 2.05) is 0 Å². The molecule has 2 rings (SSSR count). The third-order valence-corrected chi connectivity index (χ3v) is 3.46. The van der Waals surface area contributed by atoms with Crippen molar-refractivity contribution in [2.75, 3.05) is 7.05 Å². The number of carbonyl (C=O) groups excluding carboxylic acids is 1. The summed E-state index contributed by atoms with van der Waals surface area (Å²) in [4.78, 5) is 20.6. The van der Waals surface area contributed by atoms with E-state index >= 15 is 0 Å². The minimum atomic E-state index is -4.64. The van der Waals surface area contributed by atoms with E-state index in [1.165, 1.54) is 30.5 Å². The number of hydrogen-bond donors (Lipinski definition) is 0. The Hall–Kier alpha value is -2.15. The Labute approximate surface area is 135 Å². The Morgan fingerprint density at radius 3 is 2.26 bits per heavy atom. The highest BCUT2D eigenvalue weighted by Gasteiger charge is 2.45. The third kappa shape index (κ3) is 3.98. The standard InChI is InChI=1S/C15H13ClF3N3O/c1-9-7-21-12(8-20-9)14(23)22(2)13(15(17,18)19)10-3-5-11(16)6-4-10/h3-8,13H,1-2H3/t13-/m1/s1. The van der Waals surface area contributed by atoms with Gasteiger partial charge in [0.2, 0.25) is 0 Å². The lowest BCUT2D eigenvalue weighted by Crippen LogP contribution is -2.40. The van der Waals surface area contributed by atoms with Crippen molar-refractivity contribution in [3.8, 4) is 0 Å². The summed E-state index contributed by atoms with van der Waals surface area (Å²) < 4.78 is 40.3. The van der Waals surface area contributed by atoms with Crippen LogP contribution in [0.25, 0.3) is 0 Å². The second-order valence-corrected chi connectivity index (χ2v) is 5.39. The monoisotopic (exact) mass is 343 g/mol. The van der Waals surface area contributed by atoms with Crippen LogP contribution in [-0.2, 0) is 0 Å². The first kappa shape index (κ1) is 17.2. The normalized spacial score (nSPS) is 12.8. The number of rotatable bonds is 3. The van der Waals surface area contributed by atoms with Gasteiger partial charge in [-0.1, -0.05) is 23.7 Å². The van der Waals surface area contributed by atoms with Crippen molar-refractivity contribution in [3.05, 3.63) is 58.6 Å². The molecule has 0 fully saturated rings. The average molecular weight is 344 g/mol. The van der Waals surface area contributed by atoms with Gasteiger partial charge in [0.25, 0.3) is 5.91 Å². The number of alkyl halides is 3. The number of aryl methyl sites for hydroxylation is 1. The van der Waals surface area contributed by atoms with E-state index < -0.39 is 18.1 Å². The highest BCUT2D eigenvalue weighted by Crippen LogP contribution is 2.37. The molecule has 1 aromatic heterocycles. The fourth-order valence-electron chi connectivity index (χ4n) is 2.08. The van der Waals surface area contributed by atoms with Crippen LogP contribution in [0.3, 0.4) is 0 Å². The van der Waals surface area contributed by atoms with Gasteiger partial charge < -0.3 is 4.90 Å². The summed E-state index contributed by atoms with van der Waals surface area (Å²) in [6.07, 6.45) is -2.16. The van der Waals surface area contributed by atoms with Gasteiger partial charge in [0, 0.05) is 18.3 Å². The Balaban J connectivity index is 2.37. The van der Waals surface area contributed by atoms with Gasteiger partial charge in [0.15, 0.2) is 6.04 Å². The smallest absolute Gasteiger partial charge is 0.324 e. The molecule has 8 heteroatoms. The molecule has 1 atom stereocenters. The molecule has 1 heterocycles. The average Bonchev–Trinajstić information content (AvgIpc) is 2.48. The van der Waals surface area contributed by atoms with E-state index in [1.54, 1.807) is 6.92 Å². The Morgan fingerprint density at radius 2 is 1.78 bits per heavy atom. The molecule has 0 bridgehead atoms. The second-order valence-electron chi connectivity index (χ2n) is 4.95. The zero-order valence-electron chi connectivity index (χ0n) is 12.3. The summed E-state index contributed by atoms with van der Waals surface area (Å²) >= 11 is 5.70. The molecule has 1 amide bonds. The van der Waals surface area contributed by atoms with Crippen molar-refractivity contribution >= 4 is 17.5 Å². The first-order valence-electron chi connectivity index (χ1n) is 6.58. The first-order valence-corrected chi connectivity index (χ1v) is 6.96. The molecule has 0 aliphatic heterocycles. The number of halogens is 4. The summed E-state index contributed by atoms with van der Waals surface area (Å²) in [5.74, 6) is -0.866. The molecular weight excluding hydrogens is 331 g/mol. The van der Waals surface area contributed by atoms with Crippen molar-refractivity contribution in [2.24, 2.45) is 0 Å². The zero-order valence-corrected chi connectivity index (χ0v) is 13.1. The van der Waals surface area contributed by atoms with Gasteiger partial charge in [0.1, 0.15) is 5.69 Å². The highest BCUT2D eigenvalue weighted by molar-refractivity contribution is 6.30. The summed E-state index contributed by atoms with van der Waals surface area (Å²) in [7, 11) is 1.08. The van der Waals surface area contributed by atoms with Crippen molar-refractivity contribution < 1.29 is 18.0 Å². The fourth-order valence-corrected chi connectivity index (χ4v) is 2.20. The van der Waals surface area contributed by atoms with E-state index in [0.29, 0.717) is 15.6 Å². The number of nitrogens with zero attached hydrogens (tertiary/aromatic N) is 3. The van der Waals surface area contributed by atoms with Crippen LogP contribution in [0.15, 0.2) is 36.7 Å². The summed E-state index contributed by atoms with van der Waals surface area (Å²) in [6, 6.07) is 3.07. The van der Waals surface area contributed by atoms with Gasteiger partial charge in [0.05, 0.1) is 11.9 Å². The lowest BCUT2D eigenvalue weighted by atomic mass is 10.0. The lowest BCUT2D eigenvalue weighted by Gasteiger charge is -2.30. The summed E-state index contributed by atoms with van der Waals surface area (Å²) in [6.45, 7) is 1.66. The molecule has 4 nitrogen and oxygen atoms in total. The van der Waals surface area contributed by atoms with Crippen LogP contribution in [0.1, 0.15) is 27.8 Å². The molecule has 2 aromatic rings. The van der Waals surface area contributed by atoms with Crippen LogP contribution in [0.5, 0.6) is 0 Å². The molecular formula is C15H13ClF3N3O. The van der Waals surface area contributed by atoms with Gasteiger partial charge in [-0.25, -0.2) is 4.98 Å². The molecule has 0 aliphatic carbocycles. The maximum atomic E-state index is 13.4. The van der Waals surface area contributed by atoms with E-state index in [0.717, 1.165) is 13.2 Å². The van der Waals surface area contributed by atoms with Crippen molar-refractivity contribution in [1.82, 2.24) is 14.9 Å². The Morgan fingerprint density at radius 1 is 1.17 bits per heavy atom. The van der Waals surface area contributed by atoms with E-state index in [-0.39, 0.29) is 11.3 Å². The van der Waals surface area contributed by atoms with Crippen LogP contribution in [0.4, 0.5) is 13.2 Å². The molecule has 0 saturated carbocycles. The number of aromatic nitrogens is 2. The van der Waals surface area contributed by atoms with Crippen molar-refractivity contribution in [3.63, 3.8) is 0 Å². The molecule has 122 valence electrons. The molecule has 0 saturated heterocycles. The summed E-state index contributed by atoms with van der Waals surface area (Å²) in [5.41, 5.74) is 0.327. The maximum Gasteiger partial charge on any atom is 0.413 e. The van der Waals surface area contributed by atoms with E-state index in [2.05, 4.69) is 9.97 Å². The van der Waals surface area contributed by atoms with Gasteiger partial charge >= 0.3 is 6.18 Å². The predicted octanol–water partition coefficient (Wildman–Crippen LogP) is 3.81. The maximum absolute atomic E-state index is 13.4. The first-order chi connectivity index (χ1) is 10.7. The molecule has 0 N–H and O–H groups in total. The topological polar surface area (TPSA) is 46.1 Å². The van der Waals surface area contributed by atoms with Crippen LogP contribution in [0, 0.1) is 6.92 Å². The number of hydrogen-bond acceptors (Lipinski definition) is 3. The van der Waals surface area contributed by atoms with Gasteiger partial charge in [-0.15, -0.1) is 0 Å². The predicted molar refractivity (Wildman–Crippen MR) is 79.1 cm³/mol. The minimum Gasteiger partial charge on any atom is -0.324 e. The minimum absolute atomic E-state index is 0.0854. The van der Waals surface area contributed by atoms with Gasteiger partial charge in [-0.05, 0) is 24.6 Å². The molecule has 0 radical (unpaired) electrons. The largest absolute Gasteiger partial charge is 0.413 e. The number of benzene rings is 1. The molecule has 0 spiro atoms. The van der Waals surface area contributed by atoms with Gasteiger partial charge in [-0.2, -0.15) is 13.2 Å². The van der Waals surface area contributed by atoms with Crippen molar-refractivity contribution in [1.29, 1.82) is 0 Å². The molecule has 0 unspecified atom stereocenters. The van der Waals surface area contributed by atoms with Crippen LogP contribution in [0.2, 0.25) is 5.02 Å². The Kier molecular flexibility index (Phi) is 4.89. The van der Waals surface area contributed by atoms with Crippen LogP contribution < -0.4 is 0 Å². The molecule has 1 aromatic carbocycles. The highest BCUT2D eigenvalue weighted by atomic mass is 35.5. The molecule has 23 heavy (non-hydrogen) atoms. The fraction of sp³-hybridized carbons (Fsp3) is 0.267. The second kappa shape index (κ2) is 6.54. The van der Waals surface area contributed by atoms with Crippen LogP contribution >= 0.6 is 11.6 Å². The lowest BCUT2D eigenvalue weighted by molar-refractivity contribution is -0.176. The number of carbonyl (C=O) groups is 1.